The summed E-state index contributed by atoms with van der Waals surface area (Å²) in [5, 5.41) is 6.95. The van der Waals surface area contributed by atoms with Crippen molar-refractivity contribution in [1.29, 1.82) is 0 Å². The molecule has 2 N–H and O–H groups in total. The van der Waals surface area contributed by atoms with Crippen molar-refractivity contribution < 1.29 is 9.47 Å². The molecule has 1 saturated heterocycles. The highest BCUT2D eigenvalue weighted by Gasteiger charge is 2.15. The Hall–Kier alpha value is -0.680. The largest absolute Gasteiger partial charge is 0.493 e. The Labute approximate surface area is 146 Å². The van der Waals surface area contributed by atoms with Gasteiger partial charge in [-0.3, -0.25) is 0 Å². The molecule has 1 aliphatic rings. The monoisotopic (exact) mass is 350 g/mol. The number of nitrogens with one attached hydrogen (secondary N) is 2. The molecule has 1 unspecified atom stereocenters. The summed E-state index contributed by atoms with van der Waals surface area (Å²) < 4.78 is 11.4. The van der Waals surface area contributed by atoms with Crippen LogP contribution in [0.5, 0.6) is 11.5 Å². The highest BCUT2D eigenvalue weighted by molar-refractivity contribution is 5.85. The summed E-state index contributed by atoms with van der Waals surface area (Å²) in [5.74, 6) is 1.71. The standard InChI is InChI=1S/C16H26N2O2.2ClH/c1-3-4-10-20-16-13(6-5-7-15(16)19-2)11-18-14-8-9-17-12-14;;/h5-7,14,17-18H,3-4,8-12H2,1-2H3;2*1H. The van der Waals surface area contributed by atoms with Gasteiger partial charge in [-0.25, -0.2) is 0 Å². The molecule has 2 rings (SSSR count). The number of rotatable bonds is 8. The summed E-state index contributed by atoms with van der Waals surface area (Å²) in [6.45, 7) is 5.90. The average Bonchev–Trinajstić information content (AvgIpc) is 2.99. The van der Waals surface area contributed by atoms with E-state index in [4.69, 9.17) is 9.47 Å². The smallest absolute Gasteiger partial charge is 0.165 e. The van der Waals surface area contributed by atoms with Crippen molar-refractivity contribution in [1.82, 2.24) is 10.6 Å². The van der Waals surface area contributed by atoms with Gasteiger partial charge in [0, 0.05) is 24.7 Å². The van der Waals surface area contributed by atoms with Gasteiger partial charge >= 0.3 is 0 Å². The van der Waals surface area contributed by atoms with Crippen LogP contribution in [0.2, 0.25) is 0 Å². The van der Waals surface area contributed by atoms with Crippen LogP contribution in [0, 0.1) is 0 Å². The zero-order valence-electron chi connectivity index (χ0n) is 13.4. The van der Waals surface area contributed by atoms with Gasteiger partial charge in [0.15, 0.2) is 11.5 Å². The van der Waals surface area contributed by atoms with Crippen LogP contribution in [0.1, 0.15) is 31.7 Å². The molecule has 22 heavy (non-hydrogen) atoms. The van der Waals surface area contributed by atoms with Gasteiger partial charge in [0.1, 0.15) is 0 Å². The molecule has 0 amide bonds. The number of ether oxygens (including phenoxy) is 2. The molecule has 128 valence electrons. The molecule has 0 aliphatic carbocycles. The van der Waals surface area contributed by atoms with E-state index in [9.17, 15) is 0 Å². The van der Waals surface area contributed by atoms with Gasteiger partial charge in [-0.05, 0) is 25.5 Å². The van der Waals surface area contributed by atoms with Crippen molar-refractivity contribution in [3.8, 4) is 11.5 Å². The van der Waals surface area contributed by atoms with Crippen LogP contribution in [0.25, 0.3) is 0 Å². The summed E-state index contributed by atoms with van der Waals surface area (Å²) in [5.41, 5.74) is 1.17. The van der Waals surface area contributed by atoms with Gasteiger partial charge in [0.2, 0.25) is 0 Å². The summed E-state index contributed by atoms with van der Waals surface area (Å²) in [7, 11) is 1.69. The van der Waals surface area contributed by atoms with Crippen LogP contribution in [0.15, 0.2) is 18.2 Å². The number of benzene rings is 1. The molecule has 1 aromatic rings. The quantitative estimate of drug-likeness (QED) is 0.706. The predicted octanol–water partition coefficient (Wildman–Crippen LogP) is 3.17. The third-order valence-corrected chi connectivity index (χ3v) is 3.67. The second-order valence-corrected chi connectivity index (χ2v) is 5.22. The van der Waals surface area contributed by atoms with Gasteiger partial charge in [0.25, 0.3) is 0 Å². The van der Waals surface area contributed by atoms with Gasteiger partial charge < -0.3 is 20.1 Å². The Morgan fingerprint density at radius 1 is 1.32 bits per heavy atom. The summed E-state index contributed by atoms with van der Waals surface area (Å²) in [6.07, 6.45) is 3.39. The molecule has 1 heterocycles. The maximum atomic E-state index is 5.93. The summed E-state index contributed by atoms with van der Waals surface area (Å²) >= 11 is 0. The van der Waals surface area contributed by atoms with Crippen molar-refractivity contribution in [3.63, 3.8) is 0 Å². The van der Waals surface area contributed by atoms with Crippen LogP contribution in [-0.2, 0) is 6.54 Å². The first kappa shape index (κ1) is 21.3. The minimum atomic E-state index is 0. The third kappa shape index (κ3) is 6.21. The van der Waals surface area contributed by atoms with E-state index in [-0.39, 0.29) is 24.8 Å². The Morgan fingerprint density at radius 3 is 2.77 bits per heavy atom. The molecule has 0 radical (unpaired) electrons. The second-order valence-electron chi connectivity index (χ2n) is 5.22. The van der Waals surface area contributed by atoms with E-state index in [0.717, 1.165) is 50.6 Å². The van der Waals surface area contributed by atoms with Crippen LogP contribution >= 0.6 is 24.8 Å². The van der Waals surface area contributed by atoms with Crippen LogP contribution in [0.3, 0.4) is 0 Å². The molecule has 1 aliphatic heterocycles. The lowest BCUT2D eigenvalue weighted by Gasteiger charge is -2.17. The van der Waals surface area contributed by atoms with Crippen LogP contribution < -0.4 is 20.1 Å². The van der Waals surface area contributed by atoms with E-state index < -0.39 is 0 Å². The third-order valence-electron chi connectivity index (χ3n) is 3.67. The average molecular weight is 351 g/mol. The topological polar surface area (TPSA) is 42.5 Å². The number of hydrogen-bond acceptors (Lipinski definition) is 4. The Kier molecular flexibility index (Phi) is 11.5. The summed E-state index contributed by atoms with van der Waals surface area (Å²) in [4.78, 5) is 0. The van der Waals surface area contributed by atoms with E-state index >= 15 is 0 Å². The minimum Gasteiger partial charge on any atom is -0.493 e. The number of methoxy groups -OCH3 is 1. The van der Waals surface area contributed by atoms with Crippen LogP contribution in [0.4, 0.5) is 0 Å². The molecular formula is C16H28Cl2N2O2. The molecular weight excluding hydrogens is 323 g/mol. The molecule has 1 aromatic carbocycles. The normalized spacial score (nSPS) is 16.5. The zero-order chi connectivity index (χ0) is 14.2. The fourth-order valence-corrected chi connectivity index (χ4v) is 2.43. The fraction of sp³-hybridized carbons (Fsp3) is 0.625. The number of hydrogen-bond donors (Lipinski definition) is 2. The van der Waals surface area contributed by atoms with Crippen molar-refractivity contribution >= 4 is 24.8 Å². The lowest BCUT2D eigenvalue weighted by Crippen LogP contribution is -2.30. The van der Waals surface area contributed by atoms with E-state index in [1.165, 1.54) is 12.0 Å². The molecule has 1 atom stereocenters. The van der Waals surface area contributed by atoms with Crippen molar-refractivity contribution in [2.24, 2.45) is 0 Å². The molecule has 6 heteroatoms. The van der Waals surface area contributed by atoms with Gasteiger partial charge in [-0.15, -0.1) is 24.8 Å². The van der Waals surface area contributed by atoms with Crippen molar-refractivity contribution in [2.75, 3.05) is 26.8 Å². The lowest BCUT2D eigenvalue weighted by molar-refractivity contribution is 0.284. The van der Waals surface area contributed by atoms with Crippen LogP contribution in [-0.4, -0.2) is 32.8 Å². The first-order valence-electron chi connectivity index (χ1n) is 7.58. The molecule has 0 spiro atoms. The van der Waals surface area contributed by atoms with E-state index in [1.807, 2.05) is 12.1 Å². The second kappa shape index (κ2) is 11.8. The van der Waals surface area contributed by atoms with E-state index in [2.05, 4.69) is 23.6 Å². The number of unbranched alkanes of at least 4 members (excludes halogenated alkanes) is 1. The maximum Gasteiger partial charge on any atom is 0.165 e. The fourth-order valence-electron chi connectivity index (χ4n) is 2.43. The molecule has 4 nitrogen and oxygen atoms in total. The molecule has 0 aromatic heterocycles. The highest BCUT2D eigenvalue weighted by atomic mass is 35.5. The predicted molar refractivity (Wildman–Crippen MR) is 96.0 cm³/mol. The SMILES string of the molecule is CCCCOc1c(CNC2CCNC2)cccc1OC.Cl.Cl. The Morgan fingerprint density at radius 2 is 2.14 bits per heavy atom. The number of para-hydroxylation sites is 1. The Balaban J connectivity index is 0.00000220. The van der Waals surface area contributed by atoms with E-state index in [0.29, 0.717) is 6.04 Å². The van der Waals surface area contributed by atoms with Crippen molar-refractivity contribution in [2.45, 2.75) is 38.8 Å². The molecule has 0 bridgehead atoms. The zero-order valence-corrected chi connectivity index (χ0v) is 15.0. The molecule has 1 fully saturated rings. The van der Waals surface area contributed by atoms with Gasteiger partial charge in [-0.1, -0.05) is 25.5 Å². The molecule has 0 saturated carbocycles. The van der Waals surface area contributed by atoms with E-state index in [1.54, 1.807) is 7.11 Å². The number of halogens is 2. The first-order chi connectivity index (χ1) is 9.85. The minimum absolute atomic E-state index is 0. The highest BCUT2D eigenvalue weighted by Crippen LogP contribution is 2.31. The lowest BCUT2D eigenvalue weighted by atomic mass is 10.1. The first-order valence-corrected chi connectivity index (χ1v) is 7.58. The van der Waals surface area contributed by atoms with Gasteiger partial charge in [0.05, 0.1) is 13.7 Å². The maximum absolute atomic E-state index is 5.93. The summed E-state index contributed by atoms with van der Waals surface area (Å²) in [6, 6.07) is 6.65. The van der Waals surface area contributed by atoms with Gasteiger partial charge in [-0.2, -0.15) is 0 Å². The Bertz CT molecular complexity index is 413. The van der Waals surface area contributed by atoms with Crippen molar-refractivity contribution in [3.05, 3.63) is 23.8 Å².